The van der Waals surface area contributed by atoms with Gasteiger partial charge in [-0.15, -0.1) is 0 Å². The van der Waals surface area contributed by atoms with Gasteiger partial charge in [0.2, 0.25) is 11.9 Å². The van der Waals surface area contributed by atoms with Crippen LogP contribution in [0.2, 0.25) is 20.6 Å². The fraction of sp³-hybridized carbons (Fsp3) is 0.400. The molecule has 2 aliphatic heterocycles. The molecule has 0 bridgehead atoms. The number of hydrogen-bond donors (Lipinski definition) is 2. The monoisotopic (exact) mass is 702 g/mol. The number of anilines is 4. The molecule has 0 spiro atoms. The van der Waals surface area contributed by atoms with Crippen molar-refractivity contribution in [3.63, 3.8) is 0 Å². The molecule has 0 radical (unpaired) electrons. The van der Waals surface area contributed by atoms with E-state index >= 15 is 0 Å². The maximum atomic E-state index is 5.86. The predicted octanol–water partition coefficient (Wildman–Crippen LogP) is 3.49. The molecule has 3 aromatic heterocycles. The average molecular weight is 704 g/mol. The summed E-state index contributed by atoms with van der Waals surface area (Å²) in [5.74, 6) is 1.95. The number of nitrogens with zero attached hydrogens (tertiary/aromatic N) is 8. The number of aromatic nitrogens is 6. The Labute approximate surface area is 247 Å². The quantitative estimate of drug-likeness (QED) is 0.228. The summed E-state index contributed by atoms with van der Waals surface area (Å²) in [4.78, 5) is 27.6. The molecular weight excluding hydrogens is 681 g/mol. The highest BCUT2D eigenvalue weighted by molar-refractivity contribution is 14.1. The molecule has 0 unspecified atom stereocenters. The van der Waals surface area contributed by atoms with Crippen LogP contribution in [0, 0.1) is 3.83 Å². The van der Waals surface area contributed by atoms with E-state index in [9.17, 15) is 0 Å². The Morgan fingerprint density at radius 2 is 0.973 bits per heavy atom. The van der Waals surface area contributed by atoms with Gasteiger partial charge in [0, 0.05) is 67.0 Å². The van der Waals surface area contributed by atoms with Crippen molar-refractivity contribution in [1.29, 1.82) is 0 Å². The lowest BCUT2D eigenvalue weighted by atomic mass is 10.4. The number of halogens is 5. The molecule has 3 aromatic rings. The zero-order chi connectivity index (χ0) is 26.8. The van der Waals surface area contributed by atoms with E-state index in [4.69, 9.17) is 67.3 Å². The second kappa shape index (κ2) is 15.0. The van der Waals surface area contributed by atoms with E-state index in [-0.39, 0.29) is 22.2 Å². The van der Waals surface area contributed by atoms with Crippen molar-refractivity contribution < 1.29 is 9.47 Å². The van der Waals surface area contributed by atoms with Gasteiger partial charge in [0.1, 0.15) is 32.2 Å². The molecule has 2 fully saturated rings. The summed E-state index contributed by atoms with van der Waals surface area (Å²) in [5, 5.41) is 1.38. The molecular formula is C20H23Cl4IN10O2. The second-order valence-electron chi connectivity index (χ2n) is 7.30. The van der Waals surface area contributed by atoms with Gasteiger partial charge in [-0.1, -0.05) is 46.4 Å². The van der Waals surface area contributed by atoms with Crippen molar-refractivity contribution in [2.75, 3.05) is 73.9 Å². The summed E-state index contributed by atoms with van der Waals surface area (Å²) < 4.78 is 11.2. The van der Waals surface area contributed by atoms with Crippen LogP contribution in [0.4, 0.5) is 23.5 Å². The lowest BCUT2D eigenvalue weighted by Crippen LogP contribution is -2.36. The normalized spacial score (nSPS) is 15.3. The number of rotatable bonds is 2. The fourth-order valence-electron chi connectivity index (χ4n) is 3.12. The van der Waals surface area contributed by atoms with Crippen LogP contribution >= 0.6 is 69.0 Å². The fourth-order valence-corrected chi connectivity index (χ4v) is 4.56. The van der Waals surface area contributed by atoms with E-state index < -0.39 is 0 Å². The zero-order valence-corrected chi connectivity index (χ0v) is 24.5. The maximum absolute atomic E-state index is 5.86. The Balaban J connectivity index is 0.000000159. The molecule has 0 atom stereocenters. The Morgan fingerprint density at radius 3 is 1.38 bits per heavy atom. The third-order valence-corrected chi connectivity index (χ3v) is 5.96. The topological polar surface area (TPSA) is 154 Å². The smallest absolute Gasteiger partial charge is 0.223 e. The molecule has 12 nitrogen and oxygen atoms in total. The highest BCUT2D eigenvalue weighted by Gasteiger charge is 2.14. The van der Waals surface area contributed by atoms with Gasteiger partial charge in [0.15, 0.2) is 3.83 Å². The van der Waals surface area contributed by atoms with E-state index in [2.05, 4.69) is 62.3 Å². The van der Waals surface area contributed by atoms with E-state index in [0.717, 1.165) is 51.0 Å². The third kappa shape index (κ3) is 10.5. The summed E-state index contributed by atoms with van der Waals surface area (Å²) in [6.45, 7) is 6.27. The summed E-state index contributed by atoms with van der Waals surface area (Å²) in [7, 11) is 0. The third-order valence-electron chi connectivity index (χ3n) is 4.70. The molecule has 2 saturated heterocycles. The average Bonchev–Trinajstić information content (AvgIpc) is 2.84. The molecule has 5 heterocycles. The number of nitrogens with two attached hydrogens (primary N) is 2. The first-order valence-corrected chi connectivity index (χ1v) is 13.4. The van der Waals surface area contributed by atoms with Crippen molar-refractivity contribution in [1.82, 2.24) is 29.9 Å². The molecule has 4 N–H and O–H groups in total. The molecule has 0 amide bonds. The van der Waals surface area contributed by atoms with Gasteiger partial charge in [-0.05, 0) is 0 Å². The molecule has 200 valence electrons. The first kappa shape index (κ1) is 29.8. The van der Waals surface area contributed by atoms with Crippen LogP contribution in [0.5, 0.6) is 0 Å². The van der Waals surface area contributed by atoms with Crippen LogP contribution in [0.25, 0.3) is 0 Å². The molecule has 17 heteroatoms. The van der Waals surface area contributed by atoms with Gasteiger partial charge in [-0.3, -0.25) is 0 Å². The van der Waals surface area contributed by atoms with Gasteiger partial charge < -0.3 is 30.7 Å². The highest BCUT2D eigenvalue weighted by Crippen LogP contribution is 2.19. The Kier molecular flexibility index (Phi) is 12.1. The molecule has 5 rings (SSSR count). The molecule has 2 aliphatic rings. The summed E-state index contributed by atoms with van der Waals surface area (Å²) in [6.07, 6.45) is 0. The SMILES string of the molecule is Clc1cc(N2CCOCC2)nc(I)n1.Nc1nc(Cl)cc(Cl)n1.Nc1nc(Cl)cc(N2CCOCC2)n1. The van der Waals surface area contributed by atoms with Gasteiger partial charge in [-0.2, -0.15) is 4.98 Å². The summed E-state index contributed by atoms with van der Waals surface area (Å²) in [6, 6.07) is 4.91. The first-order chi connectivity index (χ1) is 17.7. The minimum Gasteiger partial charge on any atom is -0.378 e. The number of ether oxygens (including phenoxy) is 2. The second-order valence-corrected chi connectivity index (χ2v) is 9.81. The standard InChI is InChI=1S/C8H9ClIN3O.C8H11ClN4O.C4H3Cl2N3/c2*9-6-5-7(12-8(10)11-6)13-1-3-14-4-2-13;5-2-1-3(6)9-4(7)8-2/h5H,1-4H2;5H,1-4H2,(H2,10,11,12);1H,(H2,7,8,9). The van der Waals surface area contributed by atoms with Crippen molar-refractivity contribution in [2.24, 2.45) is 0 Å². The summed E-state index contributed by atoms with van der Waals surface area (Å²) >= 11 is 24.6. The van der Waals surface area contributed by atoms with Crippen LogP contribution in [0.3, 0.4) is 0 Å². The van der Waals surface area contributed by atoms with Crippen molar-refractivity contribution in [3.8, 4) is 0 Å². The molecule has 0 aromatic carbocycles. The van der Waals surface area contributed by atoms with Gasteiger partial charge in [0.05, 0.1) is 26.4 Å². The lowest BCUT2D eigenvalue weighted by Gasteiger charge is -2.27. The van der Waals surface area contributed by atoms with Crippen molar-refractivity contribution >= 4 is 92.5 Å². The number of nitrogen functional groups attached to an aromatic ring is 2. The number of morpholine rings is 2. The van der Waals surface area contributed by atoms with Crippen molar-refractivity contribution in [3.05, 3.63) is 42.6 Å². The minimum atomic E-state index is 0.0903. The first-order valence-electron chi connectivity index (χ1n) is 10.8. The molecule has 0 saturated carbocycles. The van der Waals surface area contributed by atoms with E-state index in [1.54, 1.807) is 12.1 Å². The molecule has 37 heavy (non-hydrogen) atoms. The maximum Gasteiger partial charge on any atom is 0.223 e. The lowest BCUT2D eigenvalue weighted by molar-refractivity contribution is 0.122. The Hall–Kier alpha value is -1.75. The van der Waals surface area contributed by atoms with E-state index in [0.29, 0.717) is 27.4 Å². The zero-order valence-electron chi connectivity index (χ0n) is 19.3. The Morgan fingerprint density at radius 1 is 0.595 bits per heavy atom. The van der Waals surface area contributed by atoms with Crippen LogP contribution in [-0.4, -0.2) is 82.5 Å². The summed E-state index contributed by atoms with van der Waals surface area (Å²) in [5.41, 5.74) is 10.7. The van der Waals surface area contributed by atoms with Crippen LogP contribution < -0.4 is 21.3 Å². The largest absolute Gasteiger partial charge is 0.378 e. The van der Waals surface area contributed by atoms with Crippen LogP contribution in [-0.2, 0) is 9.47 Å². The van der Waals surface area contributed by atoms with Gasteiger partial charge in [0.25, 0.3) is 0 Å². The molecule has 0 aliphatic carbocycles. The van der Waals surface area contributed by atoms with E-state index in [1.165, 1.54) is 6.07 Å². The van der Waals surface area contributed by atoms with Gasteiger partial charge in [-0.25, -0.2) is 24.9 Å². The number of hydrogen-bond acceptors (Lipinski definition) is 12. The highest BCUT2D eigenvalue weighted by atomic mass is 127. The van der Waals surface area contributed by atoms with Crippen molar-refractivity contribution in [2.45, 2.75) is 0 Å². The van der Waals surface area contributed by atoms with E-state index in [1.807, 2.05) is 0 Å². The minimum absolute atomic E-state index is 0.0903. The van der Waals surface area contributed by atoms with Gasteiger partial charge >= 0.3 is 0 Å². The van der Waals surface area contributed by atoms with Crippen LogP contribution in [0.1, 0.15) is 0 Å². The predicted molar refractivity (Wildman–Crippen MR) is 154 cm³/mol. The Bertz CT molecular complexity index is 1010. The van der Waals surface area contributed by atoms with Crippen LogP contribution in [0.15, 0.2) is 18.2 Å².